The minimum atomic E-state index is 0.251. The molecule has 0 unspecified atom stereocenters. The van der Waals surface area contributed by atoms with Gasteiger partial charge in [0.05, 0.1) is 26.4 Å². The summed E-state index contributed by atoms with van der Waals surface area (Å²) in [6, 6.07) is 23.2. The second-order valence-electron chi connectivity index (χ2n) is 8.77. The average Bonchev–Trinajstić information content (AvgIpc) is 2.82. The van der Waals surface area contributed by atoms with Crippen LogP contribution in [0.5, 0.6) is 11.5 Å². The topological polar surface area (TPSA) is 59.6 Å². The second kappa shape index (κ2) is 8.47. The first kappa shape index (κ1) is 21.9. The summed E-state index contributed by atoms with van der Waals surface area (Å²) in [5.41, 5.74) is 7.16. The fourth-order valence-corrected chi connectivity index (χ4v) is 5.18. The number of nitrogens with zero attached hydrogens (tertiary/aromatic N) is 3. The number of rotatable bonds is 3. The molecule has 0 saturated heterocycles. The molecule has 5 nitrogen and oxygen atoms in total. The van der Waals surface area contributed by atoms with Gasteiger partial charge in [-0.2, -0.15) is 0 Å². The zero-order valence-electron chi connectivity index (χ0n) is 19.6. The van der Waals surface area contributed by atoms with Crippen molar-refractivity contribution in [2.24, 2.45) is 0 Å². The molecule has 1 heterocycles. The summed E-state index contributed by atoms with van der Waals surface area (Å²) in [4.78, 5) is 8.28. The first-order valence-corrected chi connectivity index (χ1v) is 11.8. The quantitative estimate of drug-likeness (QED) is 0.281. The van der Waals surface area contributed by atoms with E-state index in [-0.39, 0.29) is 11.5 Å². The molecule has 1 aliphatic heterocycles. The van der Waals surface area contributed by atoms with Gasteiger partial charge in [0.15, 0.2) is 0 Å². The Bertz CT molecular complexity index is 1550. The smallest absolute Gasteiger partial charge is 0.208 e. The van der Waals surface area contributed by atoms with Gasteiger partial charge in [0.25, 0.3) is 0 Å². The van der Waals surface area contributed by atoms with E-state index in [0.29, 0.717) is 0 Å². The lowest BCUT2D eigenvalue weighted by atomic mass is 10.0. The number of hydrogen-bond acceptors (Lipinski definition) is 5. The fourth-order valence-electron chi connectivity index (χ4n) is 4.19. The van der Waals surface area contributed by atoms with E-state index < -0.39 is 0 Å². The summed E-state index contributed by atoms with van der Waals surface area (Å²) in [5, 5.41) is 20.6. The number of phenolic OH excluding ortho intramolecular Hbond substituents is 2. The van der Waals surface area contributed by atoms with Crippen LogP contribution in [0, 0.1) is 0 Å². The monoisotopic (exact) mass is 468 g/mol. The van der Waals surface area contributed by atoms with Crippen LogP contribution >= 0.6 is 11.3 Å². The van der Waals surface area contributed by atoms with Gasteiger partial charge in [-0.3, -0.25) is 0 Å². The zero-order chi connectivity index (χ0) is 24.0. The molecule has 170 valence electrons. The van der Waals surface area contributed by atoms with E-state index in [4.69, 9.17) is 4.98 Å². The summed E-state index contributed by atoms with van der Waals surface area (Å²) < 4.78 is 3.22. The van der Waals surface area contributed by atoms with E-state index in [1.165, 1.54) is 0 Å². The third-order valence-corrected chi connectivity index (χ3v) is 7.03. The lowest BCUT2D eigenvalue weighted by molar-refractivity contribution is 0.475. The minimum absolute atomic E-state index is 0.251. The molecule has 0 bridgehead atoms. The van der Waals surface area contributed by atoms with E-state index in [0.717, 1.165) is 54.1 Å². The molecule has 0 amide bonds. The van der Waals surface area contributed by atoms with Gasteiger partial charge < -0.3 is 15.1 Å². The predicted octanol–water partition coefficient (Wildman–Crippen LogP) is 5.24. The van der Waals surface area contributed by atoms with Crippen LogP contribution in [-0.4, -0.2) is 43.4 Å². The van der Waals surface area contributed by atoms with Crippen LogP contribution in [-0.2, 0) is 0 Å². The molecule has 0 aromatic heterocycles. The molecule has 5 rings (SSSR count). The number of anilines is 1. The molecule has 3 aromatic rings. The third kappa shape index (κ3) is 3.97. The Morgan fingerprint density at radius 3 is 1.91 bits per heavy atom. The summed E-state index contributed by atoms with van der Waals surface area (Å²) in [7, 11) is 8.16. The SMILES string of the molecule is CN(C)c1cc2sc3cc(=[N+](C)C)c(-c4ccc(O)cc4)cc-3nc2cc1-c1ccc(O)cc1. The van der Waals surface area contributed by atoms with E-state index >= 15 is 0 Å². The Morgan fingerprint density at radius 1 is 0.765 bits per heavy atom. The number of benzene rings is 4. The Hall–Kier alpha value is -3.90. The molecule has 0 spiro atoms. The molecule has 1 aliphatic carbocycles. The zero-order valence-corrected chi connectivity index (χ0v) is 20.4. The van der Waals surface area contributed by atoms with Crippen LogP contribution in [0.3, 0.4) is 0 Å². The Balaban J connectivity index is 1.78. The molecule has 0 saturated carbocycles. The van der Waals surface area contributed by atoms with Crippen LogP contribution in [0.4, 0.5) is 5.69 Å². The third-order valence-electron chi connectivity index (χ3n) is 5.94. The molecular formula is C28H26N3O2S+. The van der Waals surface area contributed by atoms with E-state index in [9.17, 15) is 10.2 Å². The van der Waals surface area contributed by atoms with Gasteiger partial charge in [0, 0.05) is 31.4 Å². The normalized spacial score (nSPS) is 11.2. The number of fused-ring (bicyclic) bond motifs is 2. The van der Waals surface area contributed by atoms with Crippen LogP contribution in [0.15, 0.2) is 72.8 Å². The number of phenols is 2. The first-order valence-electron chi connectivity index (χ1n) is 11.0. The molecule has 2 N–H and O–H groups in total. The van der Waals surface area contributed by atoms with Gasteiger partial charge >= 0.3 is 0 Å². The maximum absolute atomic E-state index is 9.73. The number of aromatic hydroxyl groups is 2. The number of hydrogen-bond donors (Lipinski definition) is 2. The summed E-state index contributed by atoms with van der Waals surface area (Å²) in [5.74, 6) is 0.501. The summed E-state index contributed by atoms with van der Waals surface area (Å²) >= 11 is 1.73. The molecule has 2 aliphatic rings. The van der Waals surface area contributed by atoms with E-state index in [1.54, 1.807) is 35.6 Å². The molecule has 3 aromatic carbocycles. The Morgan fingerprint density at radius 2 is 1.35 bits per heavy atom. The molecule has 34 heavy (non-hydrogen) atoms. The highest BCUT2D eigenvalue weighted by molar-refractivity contribution is 7.21. The Kier molecular flexibility index (Phi) is 5.46. The highest BCUT2D eigenvalue weighted by atomic mass is 32.1. The fraction of sp³-hybridized carbons (Fsp3) is 0.143. The molecule has 0 radical (unpaired) electrons. The lowest BCUT2D eigenvalue weighted by Gasteiger charge is -2.19. The van der Waals surface area contributed by atoms with Crippen LogP contribution in [0.1, 0.15) is 0 Å². The largest absolute Gasteiger partial charge is 0.508 e. The van der Waals surface area contributed by atoms with Crippen molar-refractivity contribution >= 4 is 27.2 Å². The van der Waals surface area contributed by atoms with Crippen molar-refractivity contribution in [3.8, 4) is 44.3 Å². The van der Waals surface area contributed by atoms with Crippen molar-refractivity contribution in [1.82, 2.24) is 9.56 Å². The summed E-state index contributed by atoms with van der Waals surface area (Å²) in [6.45, 7) is 0. The standard InChI is InChI=1S/C28H25N3O2S/c1-30(2)25-15-27-23(13-21(25)17-5-9-19(32)10-6-17)29-24-14-22(18-7-11-20(33)12-8-18)26(31(3)4)16-28(24)34-27/h5-16H,1-4H3,(H-,29,32,33)/p+1. The summed E-state index contributed by atoms with van der Waals surface area (Å²) in [6.07, 6.45) is 0. The predicted molar refractivity (Wildman–Crippen MR) is 142 cm³/mol. The first-order chi connectivity index (χ1) is 16.3. The Labute approximate surface area is 202 Å². The molecule has 0 fully saturated rings. The van der Waals surface area contributed by atoms with E-state index in [2.05, 4.69) is 33.7 Å². The van der Waals surface area contributed by atoms with Gasteiger partial charge in [0.1, 0.15) is 25.6 Å². The average molecular weight is 469 g/mol. The maximum atomic E-state index is 9.73. The molecule has 6 heteroatoms. The maximum Gasteiger partial charge on any atom is 0.208 e. The number of aromatic nitrogens is 1. The highest BCUT2D eigenvalue weighted by Crippen LogP contribution is 2.39. The minimum Gasteiger partial charge on any atom is -0.508 e. The van der Waals surface area contributed by atoms with Gasteiger partial charge in [-0.15, -0.1) is 11.3 Å². The lowest BCUT2D eigenvalue weighted by Crippen LogP contribution is -2.24. The van der Waals surface area contributed by atoms with Crippen molar-refractivity contribution in [3.05, 3.63) is 78.2 Å². The van der Waals surface area contributed by atoms with Crippen molar-refractivity contribution < 1.29 is 10.2 Å². The van der Waals surface area contributed by atoms with Gasteiger partial charge in [-0.25, -0.2) is 9.56 Å². The van der Waals surface area contributed by atoms with Crippen molar-refractivity contribution in [2.75, 3.05) is 33.1 Å². The van der Waals surface area contributed by atoms with Crippen LogP contribution in [0.25, 0.3) is 43.0 Å². The van der Waals surface area contributed by atoms with Crippen LogP contribution in [0.2, 0.25) is 0 Å². The van der Waals surface area contributed by atoms with Gasteiger partial charge in [-0.1, -0.05) is 24.3 Å². The van der Waals surface area contributed by atoms with Gasteiger partial charge in [0.2, 0.25) is 5.36 Å². The van der Waals surface area contributed by atoms with Crippen LogP contribution < -0.4 is 14.8 Å². The van der Waals surface area contributed by atoms with Crippen molar-refractivity contribution in [1.29, 1.82) is 0 Å². The van der Waals surface area contributed by atoms with Gasteiger partial charge in [-0.05, 0) is 53.6 Å². The second-order valence-corrected chi connectivity index (χ2v) is 9.85. The molecule has 0 atom stereocenters. The molecular weight excluding hydrogens is 442 g/mol. The van der Waals surface area contributed by atoms with E-state index in [1.807, 2.05) is 52.5 Å². The van der Waals surface area contributed by atoms with Crippen molar-refractivity contribution in [2.45, 2.75) is 0 Å². The highest BCUT2D eigenvalue weighted by Gasteiger charge is 2.17. The van der Waals surface area contributed by atoms with Crippen molar-refractivity contribution in [3.63, 3.8) is 0 Å².